The third-order valence-electron chi connectivity index (χ3n) is 4.09. The van der Waals surface area contributed by atoms with Crippen molar-refractivity contribution >= 4 is 38.6 Å². The molecule has 1 saturated heterocycles. The molecule has 1 N–H and O–H groups in total. The Bertz CT molecular complexity index is 929. The van der Waals surface area contributed by atoms with E-state index in [0.29, 0.717) is 16.5 Å². The molecule has 26 heavy (non-hydrogen) atoms. The average molecular weight is 423 g/mol. The summed E-state index contributed by atoms with van der Waals surface area (Å²) in [4.78, 5) is 29.6. The lowest BCUT2D eigenvalue weighted by Crippen LogP contribution is -2.43. The number of pyridine rings is 1. The largest absolute Gasteiger partial charge is 0.343 e. The van der Waals surface area contributed by atoms with Crippen molar-refractivity contribution in [2.45, 2.75) is 18.4 Å². The minimum atomic E-state index is -3.09. The van der Waals surface area contributed by atoms with Crippen molar-refractivity contribution in [3.05, 3.63) is 40.5 Å². The zero-order valence-electron chi connectivity index (χ0n) is 13.4. The highest BCUT2D eigenvalue weighted by molar-refractivity contribution is 9.10. The molecule has 134 valence electrons. The van der Waals surface area contributed by atoms with Crippen molar-refractivity contribution in [2.24, 2.45) is 0 Å². The second-order valence-corrected chi connectivity index (χ2v) is 6.84. The minimum Gasteiger partial charge on any atom is -0.343 e. The number of rotatable bonds is 3. The van der Waals surface area contributed by atoms with Gasteiger partial charge < -0.3 is 10.2 Å². The van der Waals surface area contributed by atoms with E-state index >= 15 is 0 Å². The third kappa shape index (κ3) is 3.65. The number of nitriles is 1. The number of amides is 2. The molecule has 1 aromatic heterocycles. The van der Waals surface area contributed by atoms with Gasteiger partial charge in [-0.2, -0.15) is 5.26 Å². The number of nitrogens with zero attached hydrogens (tertiary/aromatic N) is 3. The van der Waals surface area contributed by atoms with Gasteiger partial charge in [0, 0.05) is 22.5 Å². The Labute approximate surface area is 155 Å². The van der Waals surface area contributed by atoms with Crippen molar-refractivity contribution < 1.29 is 18.4 Å². The zero-order chi connectivity index (χ0) is 18.9. The Kier molecular flexibility index (Phi) is 4.87. The highest BCUT2D eigenvalue weighted by Crippen LogP contribution is 2.31. The normalized spacial score (nSPS) is 18.5. The summed E-state index contributed by atoms with van der Waals surface area (Å²) in [6, 6.07) is 7.28. The number of hydrogen-bond donors (Lipinski definition) is 1. The molecule has 2 heterocycles. The molecule has 2 aromatic rings. The van der Waals surface area contributed by atoms with Crippen LogP contribution in [0.2, 0.25) is 0 Å². The van der Waals surface area contributed by atoms with E-state index in [-0.39, 0.29) is 0 Å². The molecule has 1 aliphatic heterocycles. The number of alkyl halides is 2. The molecule has 0 spiro atoms. The molecule has 6 nitrogen and oxygen atoms in total. The van der Waals surface area contributed by atoms with Crippen LogP contribution in [-0.2, 0) is 4.79 Å². The lowest BCUT2D eigenvalue weighted by atomic mass is 10.1. The van der Waals surface area contributed by atoms with Gasteiger partial charge in [0.1, 0.15) is 6.04 Å². The number of halogens is 3. The summed E-state index contributed by atoms with van der Waals surface area (Å²) in [5.74, 6) is -4.34. The molecule has 1 fully saturated rings. The highest BCUT2D eigenvalue weighted by atomic mass is 79.9. The van der Waals surface area contributed by atoms with Crippen LogP contribution in [0.4, 0.5) is 8.78 Å². The maximum Gasteiger partial charge on any atom is 0.268 e. The van der Waals surface area contributed by atoms with Gasteiger partial charge in [0.05, 0.1) is 30.2 Å². The third-order valence-corrected chi connectivity index (χ3v) is 4.58. The second kappa shape index (κ2) is 6.96. The fraction of sp³-hybridized carbons (Fsp3) is 0.294. The molecule has 0 bridgehead atoms. The van der Waals surface area contributed by atoms with Crippen molar-refractivity contribution in [1.29, 1.82) is 5.26 Å². The Morgan fingerprint density at radius 3 is 2.92 bits per heavy atom. The van der Waals surface area contributed by atoms with Crippen molar-refractivity contribution in [2.75, 3.05) is 13.1 Å². The number of carbonyl (C=O) groups is 2. The second-order valence-electron chi connectivity index (χ2n) is 5.93. The van der Waals surface area contributed by atoms with Crippen LogP contribution in [0, 0.1) is 11.3 Å². The van der Waals surface area contributed by atoms with E-state index in [1.807, 2.05) is 0 Å². The molecule has 1 atom stereocenters. The monoisotopic (exact) mass is 422 g/mol. The molecular weight excluding hydrogens is 410 g/mol. The summed E-state index contributed by atoms with van der Waals surface area (Å²) in [5, 5.41) is 12.0. The Morgan fingerprint density at radius 2 is 2.19 bits per heavy atom. The molecular formula is C17H13BrF2N4O2. The molecule has 3 rings (SSSR count). The van der Waals surface area contributed by atoms with E-state index in [1.165, 1.54) is 12.3 Å². The summed E-state index contributed by atoms with van der Waals surface area (Å²) in [5.41, 5.74) is 0.920. The molecule has 0 saturated carbocycles. The molecule has 1 aliphatic rings. The number of likely N-dealkylation sites (tertiary alicyclic amines) is 1. The van der Waals surface area contributed by atoms with E-state index in [9.17, 15) is 18.4 Å². The molecule has 2 amide bonds. The summed E-state index contributed by atoms with van der Waals surface area (Å²) < 4.78 is 27.6. The molecule has 9 heteroatoms. The van der Waals surface area contributed by atoms with Crippen LogP contribution < -0.4 is 5.32 Å². The maximum atomic E-state index is 13.4. The number of benzene rings is 1. The van der Waals surface area contributed by atoms with Gasteiger partial charge in [-0.25, -0.2) is 8.78 Å². The van der Waals surface area contributed by atoms with Gasteiger partial charge in [-0.3, -0.25) is 14.6 Å². The highest BCUT2D eigenvalue weighted by Gasteiger charge is 2.47. The first-order valence-corrected chi connectivity index (χ1v) is 8.49. The summed E-state index contributed by atoms with van der Waals surface area (Å²) in [6.07, 6.45) is 0.784. The van der Waals surface area contributed by atoms with Gasteiger partial charge in [0.2, 0.25) is 5.91 Å². The van der Waals surface area contributed by atoms with E-state index < -0.39 is 43.3 Å². The molecule has 0 unspecified atom stereocenters. The lowest BCUT2D eigenvalue weighted by molar-refractivity contribution is -0.131. The first-order chi connectivity index (χ1) is 12.3. The Balaban J connectivity index is 1.73. The predicted molar refractivity (Wildman–Crippen MR) is 92.5 cm³/mol. The summed E-state index contributed by atoms with van der Waals surface area (Å²) >= 11 is 3.33. The average Bonchev–Trinajstić information content (AvgIpc) is 2.93. The number of aromatic nitrogens is 1. The molecule has 0 radical (unpaired) electrons. The fourth-order valence-corrected chi connectivity index (χ4v) is 3.22. The van der Waals surface area contributed by atoms with Crippen LogP contribution >= 0.6 is 15.9 Å². The van der Waals surface area contributed by atoms with E-state index in [4.69, 9.17) is 5.26 Å². The number of fused-ring (bicyclic) bond motifs is 1. The van der Waals surface area contributed by atoms with Gasteiger partial charge in [-0.15, -0.1) is 0 Å². The van der Waals surface area contributed by atoms with Gasteiger partial charge in [0.15, 0.2) is 0 Å². The first-order valence-electron chi connectivity index (χ1n) is 7.70. The minimum absolute atomic E-state index is 0.313. The summed E-state index contributed by atoms with van der Waals surface area (Å²) in [7, 11) is 0. The zero-order valence-corrected chi connectivity index (χ0v) is 15.0. The maximum absolute atomic E-state index is 13.4. The van der Waals surface area contributed by atoms with Crippen molar-refractivity contribution in [3.63, 3.8) is 0 Å². The Morgan fingerprint density at radius 1 is 1.42 bits per heavy atom. The quantitative estimate of drug-likeness (QED) is 0.822. The van der Waals surface area contributed by atoms with Crippen LogP contribution in [-0.4, -0.2) is 46.8 Å². The van der Waals surface area contributed by atoms with Gasteiger partial charge in [-0.1, -0.05) is 15.9 Å². The van der Waals surface area contributed by atoms with Crippen LogP contribution in [0.15, 0.2) is 34.9 Å². The first kappa shape index (κ1) is 18.2. The summed E-state index contributed by atoms with van der Waals surface area (Å²) in [6.45, 7) is -1.28. The Hall–Kier alpha value is -2.60. The van der Waals surface area contributed by atoms with Crippen LogP contribution in [0.3, 0.4) is 0 Å². The van der Waals surface area contributed by atoms with Crippen LogP contribution in [0.1, 0.15) is 16.8 Å². The van der Waals surface area contributed by atoms with Crippen molar-refractivity contribution in [3.8, 4) is 6.07 Å². The van der Waals surface area contributed by atoms with Crippen molar-refractivity contribution in [1.82, 2.24) is 15.2 Å². The predicted octanol–water partition coefficient (Wildman–Crippen LogP) is 2.49. The van der Waals surface area contributed by atoms with E-state index in [2.05, 4.69) is 26.2 Å². The smallest absolute Gasteiger partial charge is 0.268 e. The topological polar surface area (TPSA) is 86.1 Å². The van der Waals surface area contributed by atoms with Gasteiger partial charge in [0.25, 0.3) is 11.8 Å². The van der Waals surface area contributed by atoms with E-state index in [1.54, 1.807) is 24.3 Å². The van der Waals surface area contributed by atoms with E-state index in [0.717, 1.165) is 9.37 Å². The van der Waals surface area contributed by atoms with Crippen LogP contribution in [0.25, 0.3) is 10.9 Å². The van der Waals surface area contributed by atoms with Crippen LogP contribution in [0.5, 0.6) is 0 Å². The number of hydrogen-bond acceptors (Lipinski definition) is 4. The lowest BCUT2D eigenvalue weighted by Gasteiger charge is -2.19. The molecule has 0 aliphatic carbocycles. The van der Waals surface area contributed by atoms with Gasteiger partial charge in [-0.05, 0) is 24.3 Å². The van der Waals surface area contributed by atoms with Gasteiger partial charge >= 0.3 is 0 Å². The molecule has 1 aromatic carbocycles. The number of nitrogens with one attached hydrogen (secondary N) is 1. The fourth-order valence-electron chi connectivity index (χ4n) is 2.86. The standard InChI is InChI=1S/C17H13BrF2N4O2/c18-10-1-2-14-13(5-10)12(3-4-22-14)16(26)23-8-15(25)24-9-17(19,20)6-11(24)7-21/h1-5,11H,6,8-9H2,(H,23,26)/t11-/m0/s1. The SMILES string of the molecule is N#C[C@@H]1CC(F)(F)CN1C(=O)CNC(=O)c1ccnc2ccc(Br)cc12. The number of carbonyl (C=O) groups excluding carboxylic acids is 2.